The van der Waals surface area contributed by atoms with E-state index in [1.165, 1.54) is 6.07 Å². The molecule has 0 atom stereocenters. The summed E-state index contributed by atoms with van der Waals surface area (Å²) in [4.78, 5) is 26.6. The van der Waals surface area contributed by atoms with Crippen molar-refractivity contribution >= 4 is 23.2 Å². The van der Waals surface area contributed by atoms with Crippen molar-refractivity contribution in [3.05, 3.63) is 59.2 Å². The summed E-state index contributed by atoms with van der Waals surface area (Å²) in [6.07, 6.45) is 3.23. The Labute approximate surface area is 161 Å². The van der Waals surface area contributed by atoms with Crippen molar-refractivity contribution in [2.75, 3.05) is 23.3 Å². The molecule has 2 amide bonds. The van der Waals surface area contributed by atoms with Gasteiger partial charge in [-0.05, 0) is 49.4 Å². The van der Waals surface area contributed by atoms with E-state index in [0.717, 1.165) is 18.9 Å². The highest BCUT2D eigenvalue weighted by Crippen LogP contribution is 2.31. The third-order valence-corrected chi connectivity index (χ3v) is 4.99. The van der Waals surface area contributed by atoms with E-state index in [9.17, 15) is 18.4 Å². The molecular weight excluding hydrogens is 364 g/mol. The molecule has 0 aromatic heterocycles. The number of aryl methyl sites for hydroxylation is 1. The number of rotatable bonds is 5. The first kappa shape index (κ1) is 18.4. The molecule has 2 aliphatic rings. The van der Waals surface area contributed by atoms with E-state index in [-0.39, 0.29) is 30.1 Å². The van der Waals surface area contributed by atoms with Gasteiger partial charge in [0.2, 0.25) is 5.91 Å². The van der Waals surface area contributed by atoms with Gasteiger partial charge in [-0.1, -0.05) is 12.1 Å². The molecule has 0 bridgehead atoms. The molecule has 1 fully saturated rings. The molecule has 2 aromatic rings. The zero-order valence-electron chi connectivity index (χ0n) is 15.3. The van der Waals surface area contributed by atoms with E-state index in [2.05, 4.69) is 10.6 Å². The first-order chi connectivity index (χ1) is 13.5. The van der Waals surface area contributed by atoms with Crippen molar-refractivity contribution in [3.8, 4) is 0 Å². The lowest BCUT2D eigenvalue weighted by molar-refractivity contribution is -0.115. The number of anilines is 2. The van der Waals surface area contributed by atoms with Gasteiger partial charge in [-0.2, -0.15) is 0 Å². The number of fused-ring (bicyclic) bond motifs is 1. The van der Waals surface area contributed by atoms with Gasteiger partial charge in [0.15, 0.2) is 0 Å². The smallest absolute Gasteiger partial charge is 0.253 e. The lowest BCUT2D eigenvalue weighted by atomic mass is 10.0. The summed E-state index contributed by atoms with van der Waals surface area (Å²) in [6.45, 7) is 0.431. The molecule has 1 heterocycles. The van der Waals surface area contributed by atoms with Gasteiger partial charge in [-0.3, -0.25) is 9.59 Å². The molecule has 1 saturated carbocycles. The number of carbonyl (C=O) groups is 2. The molecule has 0 radical (unpaired) electrons. The first-order valence-electron chi connectivity index (χ1n) is 9.44. The Balaban J connectivity index is 1.48. The molecule has 28 heavy (non-hydrogen) atoms. The van der Waals surface area contributed by atoms with Crippen molar-refractivity contribution in [1.29, 1.82) is 0 Å². The van der Waals surface area contributed by atoms with Crippen molar-refractivity contribution in [2.45, 2.75) is 31.7 Å². The minimum absolute atomic E-state index is 0.0753. The van der Waals surface area contributed by atoms with Crippen LogP contribution in [0.15, 0.2) is 36.4 Å². The number of para-hydroxylation sites is 1. The van der Waals surface area contributed by atoms with E-state index < -0.39 is 11.6 Å². The Morgan fingerprint density at radius 3 is 2.71 bits per heavy atom. The zero-order valence-corrected chi connectivity index (χ0v) is 15.3. The minimum Gasteiger partial charge on any atom is -0.360 e. The Kier molecular flexibility index (Phi) is 4.98. The van der Waals surface area contributed by atoms with Gasteiger partial charge in [0.25, 0.3) is 5.91 Å². The Morgan fingerprint density at radius 2 is 1.93 bits per heavy atom. The molecular formula is C21H21F2N3O2. The van der Waals surface area contributed by atoms with Crippen LogP contribution >= 0.6 is 0 Å². The topological polar surface area (TPSA) is 61.4 Å². The van der Waals surface area contributed by atoms with Crippen LogP contribution in [0.4, 0.5) is 20.2 Å². The quantitative estimate of drug-likeness (QED) is 0.831. The summed E-state index contributed by atoms with van der Waals surface area (Å²) >= 11 is 0. The average molecular weight is 385 g/mol. The van der Waals surface area contributed by atoms with Crippen LogP contribution in [-0.4, -0.2) is 30.9 Å². The molecule has 1 aliphatic heterocycles. The number of nitrogens with zero attached hydrogens (tertiary/aromatic N) is 1. The molecule has 5 nitrogen and oxygen atoms in total. The fourth-order valence-corrected chi connectivity index (χ4v) is 3.54. The SMILES string of the molecule is O=C(CN1CCCc2cc(F)cc(F)c21)Nc1ccccc1C(=O)NC1CC1. The van der Waals surface area contributed by atoms with E-state index in [1.807, 2.05) is 0 Å². The van der Waals surface area contributed by atoms with Gasteiger partial charge in [-0.25, -0.2) is 8.78 Å². The maximum absolute atomic E-state index is 14.3. The lowest BCUT2D eigenvalue weighted by Gasteiger charge is -2.31. The van der Waals surface area contributed by atoms with E-state index >= 15 is 0 Å². The Hall–Kier alpha value is -2.96. The summed E-state index contributed by atoms with van der Waals surface area (Å²) in [7, 11) is 0. The molecule has 1 aliphatic carbocycles. The van der Waals surface area contributed by atoms with Gasteiger partial charge in [0, 0.05) is 18.7 Å². The van der Waals surface area contributed by atoms with Gasteiger partial charge in [-0.15, -0.1) is 0 Å². The number of nitrogens with one attached hydrogen (secondary N) is 2. The Morgan fingerprint density at radius 1 is 1.14 bits per heavy atom. The van der Waals surface area contributed by atoms with Gasteiger partial charge in [0.1, 0.15) is 11.6 Å². The number of halogens is 2. The second-order valence-electron chi connectivity index (χ2n) is 7.26. The summed E-state index contributed by atoms with van der Waals surface area (Å²) in [5.41, 5.74) is 1.67. The summed E-state index contributed by atoms with van der Waals surface area (Å²) in [6, 6.07) is 9.17. The molecule has 7 heteroatoms. The second kappa shape index (κ2) is 7.58. The summed E-state index contributed by atoms with van der Waals surface area (Å²) in [5, 5.41) is 5.66. The first-order valence-corrected chi connectivity index (χ1v) is 9.44. The highest BCUT2D eigenvalue weighted by molar-refractivity contribution is 6.04. The number of hydrogen-bond donors (Lipinski definition) is 2. The largest absolute Gasteiger partial charge is 0.360 e. The normalized spacial score (nSPS) is 15.7. The van der Waals surface area contributed by atoms with Crippen molar-refractivity contribution in [1.82, 2.24) is 5.32 Å². The standard InChI is InChI=1S/C21H21F2N3O2/c22-14-10-13-4-3-9-26(20(13)17(23)11-14)12-19(27)25-18-6-2-1-5-16(18)21(28)24-15-7-8-15/h1-2,5-6,10-11,15H,3-4,7-9,12H2,(H,24,28)(H,25,27). The molecule has 2 N–H and O–H groups in total. The summed E-state index contributed by atoms with van der Waals surface area (Å²) in [5.74, 6) is -1.85. The molecule has 146 valence electrons. The second-order valence-corrected chi connectivity index (χ2v) is 7.26. The van der Waals surface area contributed by atoms with Crippen LogP contribution in [0.25, 0.3) is 0 Å². The predicted octanol–water partition coefficient (Wildman–Crippen LogP) is 3.25. The van der Waals surface area contributed by atoms with Crippen LogP contribution in [0.5, 0.6) is 0 Å². The predicted molar refractivity (Wildman–Crippen MR) is 102 cm³/mol. The molecule has 0 spiro atoms. The average Bonchev–Trinajstić information content (AvgIpc) is 3.45. The van der Waals surface area contributed by atoms with Crippen LogP contribution < -0.4 is 15.5 Å². The van der Waals surface area contributed by atoms with Crippen molar-refractivity contribution in [3.63, 3.8) is 0 Å². The van der Waals surface area contributed by atoms with Crippen molar-refractivity contribution in [2.24, 2.45) is 0 Å². The van der Waals surface area contributed by atoms with Gasteiger partial charge in [0.05, 0.1) is 23.5 Å². The number of amides is 2. The minimum atomic E-state index is -0.660. The number of hydrogen-bond acceptors (Lipinski definition) is 3. The highest BCUT2D eigenvalue weighted by atomic mass is 19.1. The third-order valence-electron chi connectivity index (χ3n) is 4.99. The number of benzene rings is 2. The van der Waals surface area contributed by atoms with Crippen LogP contribution in [-0.2, 0) is 11.2 Å². The van der Waals surface area contributed by atoms with Crippen LogP contribution in [0.2, 0.25) is 0 Å². The molecule has 2 aromatic carbocycles. The molecule has 4 rings (SSSR count). The fourth-order valence-electron chi connectivity index (χ4n) is 3.54. The van der Waals surface area contributed by atoms with E-state index in [0.29, 0.717) is 36.2 Å². The van der Waals surface area contributed by atoms with E-state index in [4.69, 9.17) is 0 Å². The summed E-state index contributed by atoms with van der Waals surface area (Å²) < 4.78 is 27.8. The van der Waals surface area contributed by atoms with Crippen molar-refractivity contribution < 1.29 is 18.4 Å². The maximum atomic E-state index is 14.3. The fraction of sp³-hybridized carbons (Fsp3) is 0.333. The monoisotopic (exact) mass is 385 g/mol. The molecule has 0 saturated heterocycles. The molecule has 0 unspecified atom stereocenters. The maximum Gasteiger partial charge on any atom is 0.253 e. The Bertz CT molecular complexity index is 928. The number of carbonyl (C=O) groups excluding carboxylic acids is 2. The van der Waals surface area contributed by atoms with Gasteiger partial charge >= 0.3 is 0 Å². The van der Waals surface area contributed by atoms with Gasteiger partial charge < -0.3 is 15.5 Å². The van der Waals surface area contributed by atoms with Crippen LogP contribution in [0, 0.1) is 11.6 Å². The van der Waals surface area contributed by atoms with E-state index in [1.54, 1.807) is 29.2 Å². The van der Waals surface area contributed by atoms with Crippen LogP contribution in [0.3, 0.4) is 0 Å². The zero-order chi connectivity index (χ0) is 19.7. The highest BCUT2D eigenvalue weighted by Gasteiger charge is 2.26. The lowest BCUT2D eigenvalue weighted by Crippen LogP contribution is -2.38. The van der Waals surface area contributed by atoms with Crippen LogP contribution in [0.1, 0.15) is 35.2 Å². The third kappa shape index (κ3) is 3.98.